The predicted molar refractivity (Wildman–Crippen MR) is 113 cm³/mol. The number of carbonyl (C=O) groups is 2. The van der Waals surface area contributed by atoms with Gasteiger partial charge in [-0.1, -0.05) is 12.1 Å². The summed E-state index contributed by atoms with van der Waals surface area (Å²) in [5.41, 5.74) is 1.97. The lowest BCUT2D eigenvalue weighted by Gasteiger charge is -2.08. The molecule has 2 amide bonds. The van der Waals surface area contributed by atoms with E-state index in [9.17, 15) is 9.59 Å². The van der Waals surface area contributed by atoms with E-state index in [1.165, 1.54) is 10.8 Å². The number of amides is 2. The first-order valence-corrected chi connectivity index (χ1v) is 9.49. The van der Waals surface area contributed by atoms with Crippen LogP contribution < -0.4 is 10.6 Å². The highest BCUT2D eigenvalue weighted by Crippen LogP contribution is 2.24. The minimum atomic E-state index is -0.926. The van der Waals surface area contributed by atoms with Crippen LogP contribution in [0.3, 0.4) is 0 Å². The molecule has 5 aromatic rings. The lowest BCUT2D eigenvalue weighted by atomic mass is 10.1. The number of anilines is 2. The van der Waals surface area contributed by atoms with Crippen molar-refractivity contribution in [2.45, 2.75) is 6.42 Å². The number of furan rings is 1. The van der Waals surface area contributed by atoms with Gasteiger partial charge in [-0.2, -0.15) is 14.6 Å². The average Bonchev–Trinajstić information content (AvgIpc) is 3.47. The molecule has 0 aliphatic heterocycles. The largest absolute Gasteiger partial charge is 0.481 e. The van der Waals surface area contributed by atoms with Crippen molar-refractivity contribution in [2.24, 2.45) is 7.05 Å². The molecule has 1 aromatic carbocycles. The smallest absolute Gasteiger partial charge is 0.326 e. The maximum Gasteiger partial charge on any atom is 0.326 e. The van der Waals surface area contributed by atoms with Crippen molar-refractivity contribution in [3.63, 3.8) is 0 Å². The van der Waals surface area contributed by atoms with Crippen LogP contribution in [0.1, 0.15) is 5.56 Å². The highest BCUT2D eigenvalue weighted by molar-refractivity contribution is 6.00. The molecule has 3 N–H and O–H groups in total. The summed E-state index contributed by atoms with van der Waals surface area (Å²) in [5.74, 6) is 0.00920. The second-order valence-corrected chi connectivity index (χ2v) is 6.97. The summed E-state index contributed by atoms with van der Waals surface area (Å²) in [7, 11) is 1.76. The van der Waals surface area contributed by atoms with Crippen molar-refractivity contribution in [3.8, 4) is 11.6 Å². The number of hydrogen-bond acceptors (Lipinski definition) is 7. The fourth-order valence-corrected chi connectivity index (χ4v) is 3.23. The van der Waals surface area contributed by atoms with Crippen molar-refractivity contribution in [3.05, 3.63) is 54.4 Å². The van der Waals surface area contributed by atoms with Crippen LogP contribution in [0.2, 0.25) is 0 Å². The zero-order valence-corrected chi connectivity index (χ0v) is 16.7. The topological polar surface area (TPSA) is 152 Å². The van der Waals surface area contributed by atoms with Gasteiger partial charge in [0.1, 0.15) is 0 Å². The molecule has 0 unspecified atom stereocenters. The number of hydrogen-bond donors (Lipinski definition) is 3. The van der Waals surface area contributed by atoms with Crippen LogP contribution in [0, 0.1) is 0 Å². The number of aromatic nitrogens is 6. The highest BCUT2D eigenvalue weighted by Gasteiger charge is 2.19. The van der Waals surface area contributed by atoms with Gasteiger partial charge < -0.3 is 14.8 Å². The van der Waals surface area contributed by atoms with Gasteiger partial charge in [-0.25, -0.2) is 9.78 Å². The van der Waals surface area contributed by atoms with Crippen molar-refractivity contribution >= 4 is 40.3 Å². The number of benzene rings is 1. The van der Waals surface area contributed by atoms with E-state index < -0.39 is 12.0 Å². The van der Waals surface area contributed by atoms with E-state index in [2.05, 4.69) is 30.8 Å². The Morgan fingerprint density at radius 2 is 1.91 bits per heavy atom. The van der Waals surface area contributed by atoms with Crippen molar-refractivity contribution in [2.75, 3.05) is 10.6 Å². The van der Waals surface area contributed by atoms with Gasteiger partial charge in [-0.05, 0) is 29.8 Å². The molecular weight excluding hydrogens is 416 g/mol. The van der Waals surface area contributed by atoms with E-state index in [0.29, 0.717) is 39.5 Å². The molecule has 0 saturated carbocycles. The molecule has 0 fully saturated rings. The second kappa shape index (κ2) is 7.50. The number of carboxylic acid groups (broad SMARTS) is 1. The first-order chi connectivity index (χ1) is 15.5. The first-order valence-electron chi connectivity index (χ1n) is 9.49. The van der Waals surface area contributed by atoms with Gasteiger partial charge in [-0.3, -0.25) is 14.8 Å². The molecule has 0 radical (unpaired) electrons. The molecular formula is C20H16N8O4. The molecule has 0 bridgehead atoms. The summed E-state index contributed by atoms with van der Waals surface area (Å²) < 4.78 is 8.40. The number of fused-ring (bicyclic) bond motifs is 3. The fraction of sp³-hybridized carbons (Fsp3) is 0.100. The lowest BCUT2D eigenvalue weighted by molar-refractivity contribution is -0.136. The van der Waals surface area contributed by atoms with Crippen LogP contribution in [0.15, 0.2) is 53.3 Å². The van der Waals surface area contributed by atoms with Gasteiger partial charge in [0.05, 0.1) is 18.1 Å². The molecule has 12 heteroatoms. The highest BCUT2D eigenvalue weighted by atomic mass is 16.4. The van der Waals surface area contributed by atoms with Crippen LogP contribution >= 0.6 is 0 Å². The van der Waals surface area contributed by atoms with E-state index in [1.807, 2.05) is 0 Å². The maximum absolute atomic E-state index is 12.6. The van der Waals surface area contributed by atoms with Gasteiger partial charge in [0.2, 0.25) is 11.8 Å². The molecule has 12 nitrogen and oxygen atoms in total. The number of urea groups is 1. The van der Waals surface area contributed by atoms with Gasteiger partial charge in [0, 0.05) is 18.9 Å². The molecule has 4 aromatic heterocycles. The normalized spacial score (nSPS) is 11.2. The summed E-state index contributed by atoms with van der Waals surface area (Å²) in [6, 6.07) is 9.40. The third-order valence-electron chi connectivity index (χ3n) is 4.60. The number of nitrogens with one attached hydrogen (secondary N) is 2. The van der Waals surface area contributed by atoms with Gasteiger partial charge in [0.25, 0.3) is 0 Å². The van der Waals surface area contributed by atoms with E-state index in [-0.39, 0.29) is 12.4 Å². The summed E-state index contributed by atoms with van der Waals surface area (Å²) in [6.45, 7) is 0. The molecule has 32 heavy (non-hydrogen) atoms. The van der Waals surface area contributed by atoms with E-state index >= 15 is 0 Å². The molecule has 0 atom stereocenters. The summed E-state index contributed by atoms with van der Waals surface area (Å²) in [5, 5.41) is 23.6. The molecule has 0 aliphatic rings. The fourth-order valence-electron chi connectivity index (χ4n) is 3.23. The average molecular weight is 432 g/mol. The Kier molecular flexibility index (Phi) is 4.51. The SMILES string of the molecule is Cn1cc2c(nc(NC(=O)Nc3ccc(CC(=O)O)cc3)n3nc(-c4ccco4)nc23)n1. The number of carbonyl (C=O) groups excluding carboxylic acids is 1. The number of nitrogens with zero attached hydrogens (tertiary/aromatic N) is 6. The zero-order chi connectivity index (χ0) is 22.2. The van der Waals surface area contributed by atoms with Crippen molar-refractivity contribution in [1.82, 2.24) is 29.4 Å². The van der Waals surface area contributed by atoms with Crippen LogP contribution in [0.4, 0.5) is 16.4 Å². The van der Waals surface area contributed by atoms with Gasteiger partial charge in [-0.15, -0.1) is 5.10 Å². The predicted octanol–water partition coefficient (Wildman–Crippen LogP) is 2.54. The maximum atomic E-state index is 12.6. The molecule has 160 valence electrons. The van der Waals surface area contributed by atoms with Crippen LogP contribution in [0.25, 0.3) is 28.3 Å². The Hall–Kier alpha value is -4.74. The quantitative estimate of drug-likeness (QED) is 0.383. The van der Waals surface area contributed by atoms with Crippen LogP contribution in [0.5, 0.6) is 0 Å². The van der Waals surface area contributed by atoms with Gasteiger partial charge >= 0.3 is 12.0 Å². The molecule has 4 heterocycles. The van der Waals surface area contributed by atoms with E-state index in [0.717, 1.165) is 0 Å². The minimum Gasteiger partial charge on any atom is -0.481 e. The molecule has 0 saturated heterocycles. The summed E-state index contributed by atoms with van der Waals surface area (Å²) in [4.78, 5) is 32.3. The second-order valence-electron chi connectivity index (χ2n) is 6.97. The van der Waals surface area contributed by atoms with Gasteiger partial charge in [0.15, 0.2) is 17.1 Å². The third kappa shape index (κ3) is 3.60. The Morgan fingerprint density at radius 3 is 2.62 bits per heavy atom. The van der Waals surface area contributed by atoms with Crippen LogP contribution in [-0.2, 0) is 18.3 Å². The number of rotatable bonds is 5. The molecule has 0 spiro atoms. The lowest BCUT2D eigenvalue weighted by Crippen LogP contribution is -2.22. The van der Waals surface area contributed by atoms with Crippen LogP contribution in [-0.4, -0.2) is 46.5 Å². The van der Waals surface area contributed by atoms with E-state index in [4.69, 9.17) is 9.52 Å². The Bertz CT molecular complexity index is 1450. The Labute approximate surface area is 179 Å². The summed E-state index contributed by atoms with van der Waals surface area (Å²) >= 11 is 0. The number of aliphatic carboxylic acids is 1. The first kappa shape index (κ1) is 19.2. The zero-order valence-electron chi connectivity index (χ0n) is 16.7. The summed E-state index contributed by atoms with van der Waals surface area (Å²) in [6.07, 6.45) is 3.19. The van der Waals surface area contributed by atoms with E-state index in [1.54, 1.807) is 54.3 Å². The standard InChI is InChI=1S/C20H16N8O4/c1-27-10-13-16(25-27)23-19(28-18(13)22-17(26-28)14-3-2-8-32-14)24-20(31)21-12-6-4-11(5-7-12)9-15(29)30/h2-8,10H,9H2,1H3,(H,29,30)(H2,21,23,24,25,31). The Balaban J connectivity index is 1.46. The molecule has 0 aliphatic carbocycles. The van der Waals surface area contributed by atoms with Crippen molar-refractivity contribution in [1.29, 1.82) is 0 Å². The minimum absolute atomic E-state index is 0.0945. The number of carboxylic acids is 1. The monoisotopic (exact) mass is 432 g/mol. The molecule has 5 rings (SSSR count). The third-order valence-corrected chi connectivity index (χ3v) is 4.60. The Morgan fingerprint density at radius 1 is 1.09 bits per heavy atom. The number of aryl methyl sites for hydroxylation is 1. The van der Waals surface area contributed by atoms with Crippen molar-refractivity contribution < 1.29 is 19.1 Å².